The Balaban J connectivity index is 0.909. The second-order valence-electron chi connectivity index (χ2n) is 19.2. The summed E-state index contributed by atoms with van der Waals surface area (Å²) in [5.74, 6) is 0. The van der Waals surface area contributed by atoms with Gasteiger partial charge < -0.3 is 14.2 Å². The molecule has 0 aliphatic carbocycles. The van der Waals surface area contributed by atoms with Crippen LogP contribution in [0.3, 0.4) is 0 Å². The van der Waals surface area contributed by atoms with Gasteiger partial charge in [-0.1, -0.05) is 133 Å². The Hall–Kier alpha value is -8.78. The molecule has 0 atom stereocenters. The van der Waals surface area contributed by atoms with Crippen LogP contribution in [0.25, 0.3) is 115 Å². The van der Waals surface area contributed by atoms with Gasteiger partial charge in [0.2, 0.25) is 0 Å². The number of anilines is 6. The van der Waals surface area contributed by atoms with Gasteiger partial charge in [0, 0.05) is 84.3 Å². The Morgan fingerprint density at radius 3 is 1.70 bits per heavy atom. The van der Waals surface area contributed by atoms with Gasteiger partial charge in [0.25, 0.3) is 0 Å². The van der Waals surface area contributed by atoms with Crippen LogP contribution in [0.5, 0.6) is 0 Å². The van der Waals surface area contributed by atoms with E-state index in [1.807, 2.05) is 40.1 Å². The molecule has 0 aliphatic rings. The average Bonchev–Trinajstić information content (AvgIpc) is 4.22. The molecular formula is C68H40N2OS3. The fourth-order valence-electron chi connectivity index (χ4n) is 11.5. The van der Waals surface area contributed by atoms with Crippen LogP contribution >= 0.6 is 34.0 Å². The summed E-state index contributed by atoms with van der Waals surface area (Å²) in [4.78, 5) is 4.96. The van der Waals surface area contributed by atoms with E-state index in [9.17, 15) is 0 Å². The van der Waals surface area contributed by atoms with Gasteiger partial charge >= 0.3 is 0 Å². The lowest BCUT2D eigenvalue weighted by Gasteiger charge is -2.27. The summed E-state index contributed by atoms with van der Waals surface area (Å²) in [6.45, 7) is 0. The molecule has 4 aromatic heterocycles. The maximum absolute atomic E-state index is 6.50. The summed E-state index contributed by atoms with van der Waals surface area (Å²) < 4.78 is 14.1. The molecule has 16 rings (SSSR count). The summed E-state index contributed by atoms with van der Waals surface area (Å²) in [5.41, 5.74) is 10.8. The second-order valence-corrected chi connectivity index (χ2v) is 22.4. The summed E-state index contributed by atoms with van der Waals surface area (Å²) >= 11 is 5.63. The minimum atomic E-state index is 0.890. The minimum Gasteiger partial charge on any atom is -0.456 e. The predicted molar refractivity (Wildman–Crippen MR) is 322 cm³/mol. The van der Waals surface area contributed by atoms with Gasteiger partial charge in [0.15, 0.2) is 0 Å². The van der Waals surface area contributed by atoms with Gasteiger partial charge in [0.1, 0.15) is 11.2 Å². The third-order valence-electron chi connectivity index (χ3n) is 15.0. The SMILES string of the molecule is c1ccc(N(c2ccc3c(c2)sc2c(N(c4ccccc4)c4cccc5cc6sc7ccccc7c6cc45)cccc23)c2cc(-c3ccc4c(c3)oc3ccccc34)cc3c2sc2cc4ccccc4cc23)cc1. The molecule has 0 spiro atoms. The number of benzene rings is 12. The maximum Gasteiger partial charge on any atom is 0.136 e. The van der Waals surface area contributed by atoms with Gasteiger partial charge in [-0.2, -0.15) is 0 Å². The zero-order valence-electron chi connectivity index (χ0n) is 39.6. The molecule has 0 unspecified atom stereocenters. The molecular weight excluding hydrogens is 957 g/mol. The van der Waals surface area contributed by atoms with Crippen molar-refractivity contribution in [3.63, 3.8) is 0 Å². The quantitative estimate of drug-likeness (QED) is 0.159. The fraction of sp³-hybridized carbons (Fsp3) is 0. The molecule has 0 saturated carbocycles. The molecule has 0 aliphatic heterocycles. The van der Waals surface area contributed by atoms with Crippen molar-refractivity contribution in [2.75, 3.05) is 9.80 Å². The Morgan fingerprint density at radius 1 is 0.257 bits per heavy atom. The lowest BCUT2D eigenvalue weighted by molar-refractivity contribution is 0.669. The molecule has 12 aromatic carbocycles. The predicted octanol–water partition coefficient (Wildman–Crippen LogP) is 21.6. The third kappa shape index (κ3) is 6.49. The van der Waals surface area contributed by atoms with Crippen LogP contribution in [-0.4, -0.2) is 0 Å². The average molecular weight is 997 g/mol. The first-order valence-electron chi connectivity index (χ1n) is 25.0. The molecule has 74 heavy (non-hydrogen) atoms. The van der Waals surface area contributed by atoms with E-state index in [4.69, 9.17) is 4.42 Å². The lowest BCUT2D eigenvalue weighted by atomic mass is 9.98. The van der Waals surface area contributed by atoms with E-state index in [-0.39, 0.29) is 0 Å². The van der Waals surface area contributed by atoms with Crippen LogP contribution in [0.2, 0.25) is 0 Å². The highest BCUT2D eigenvalue weighted by Crippen LogP contribution is 2.52. The third-order valence-corrected chi connectivity index (χ3v) is 18.5. The number of nitrogens with zero attached hydrogens (tertiary/aromatic N) is 2. The Bertz CT molecular complexity index is 4930. The summed E-state index contributed by atoms with van der Waals surface area (Å²) in [5, 5.41) is 14.8. The van der Waals surface area contributed by atoms with E-state index in [2.05, 4.69) is 246 Å². The van der Waals surface area contributed by atoms with Crippen LogP contribution < -0.4 is 9.80 Å². The Labute approximate surface area is 437 Å². The first kappa shape index (κ1) is 41.8. The zero-order valence-corrected chi connectivity index (χ0v) is 42.1. The number of hydrogen-bond acceptors (Lipinski definition) is 6. The number of hydrogen-bond donors (Lipinski definition) is 0. The van der Waals surface area contributed by atoms with Crippen molar-refractivity contribution in [2.24, 2.45) is 0 Å². The second kappa shape index (κ2) is 16.4. The zero-order chi connectivity index (χ0) is 48.4. The highest BCUT2D eigenvalue weighted by atomic mass is 32.1. The normalized spacial score (nSPS) is 12.1. The summed E-state index contributed by atoms with van der Waals surface area (Å²) in [6, 6.07) is 89.3. The van der Waals surface area contributed by atoms with Gasteiger partial charge in [0.05, 0.1) is 26.5 Å². The largest absolute Gasteiger partial charge is 0.456 e. The van der Waals surface area contributed by atoms with Crippen LogP contribution in [0.4, 0.5) is 34.1 Å². The molecule has 3 nitrogen and oxygen atoms in total. The van der Waals surface area contributed by atoms with Gasteiger partial charge in [-0.15, -0.1) is 34.0 Å². The Kier molecular flexibility index (Phi) is 9.25. The smallest absolute Gasteiger partial charge is 0.136 e. The summed E-state index contributed by atoms with van der Waals surface area (Å²) in [6.07, 6.45) is 0. The van der Waals surface area contributed by atoms with Crippen molar-refractivity contribution < 1.29 is 4.42 Å². The van der Waals surface area contributed by atoms with Crippen LogP contribution in [0.1, 0.15) is 0 Å². The van der Waals surface area contributed by atoms with Crippen LogP contribution in [-0.2, 0) is 0 Å². The van der Waals surface area contributed by atoms with E-state index < -0.39 is 0 Å². The molecule has 16 aromatic rings. The topological polar surface area (TPSA) is 19.6 Å². The van der Waals surface area contributed by atoms with Crippen molar-refractivity contribution >= 4 is 172 Å². The van der Waals surface area contributed by atoms with Gasteiger partial charge in [-0.25, -0.2) is 0 Å². The van der Waals surface area contributed by atoms with E-state index in [0.717, 1.165) is 67.2 Å². The van der Waals surface area contributed by atoms with Crippen molar-refractivity contribution in [2.45, 2.75) is 0 Å². The van der Waals surface area contributed by atoms with Crippen molar-refractivity contribution in [1.82, 2.24) is 0 Å². The van der Waals surface area contributed by atoms with E-state index in [0.29, 0.717) is 0 Å². The van der Waals surface area contributed by atoms with Gasteiger partial charge in [-0.05, 0) is 136 Å². The number of fused-ring (bicyclic) bond motifs is 14. The van der Waals surface area contributed by atoms with Crippen molar-refractivity contribution in [3.05, 3.63) is 243 Å². The lowest BCUT2D eigenvalue weighted by Crippen LogP contribution is -2.10. The molecule has 0 bridgehead atoms. The van der Waals surface area contributed by atoms with E-state index >= 15 is 0 Å². The van der Waals surface area contributed by atoms with Gasteiger partial charge in [-0.3, -0.25) is 0 Å². The van der Waals surface area contributed by atoms with Crippen LogP contribution in [0.15, 0.2) is 247 Å². The Morgan fingerprint density at radius 2 is 0.851 bits per heavy atom. The molecule has 0 saturated heterocycles. The van der Waals surface area contributed by atoms with E-state index in [1.165, 1.54) is 82.1 Å². The van der Waals surface area contributed by atoms with E-state index in [1.54, 1.807) is 0 Å². The minimum absolute atomic E-state index is 0.890. The van der Waals surface area contributed by atoms with Crippen molar-refractivity contribution in [1.29, 1.82) is 0 Å². The molecule has 0 fully saturated rings. The summed E-state index contributed by atoms with van der Waals surface area (Å²) in [7, 11) is 0. The first-order valence-corrected chi connectivity index (χ1v) is 27.4. The molecule has 0 radical (unpaired) electrons. The van der Waals surface area contributed by atoms with Crippen LogP contribution in [0, 0.1) is 0 Å². The number of furan rings is 1. The maximum atomic E-state index is 6.50. The first-order chi connectivity index (χ1) is 36.6. The molecule has 6 heteroatoms. The fourth-order valence-corrected chi connectivity index (χ4v) is 15.1. The number of rotatable bonds is 7. The molecule has 346 valence electrons. The molecule has 4 heterocycles. The number of thiophene rings is 3. The van der Waals surface area contributed by atoms with Crippen molar-refractivity contribution in [3.8, 4) is 11.1 Å². The monoisotopic (exact) mass is 996 g/mol. The molecule has 0 N–H and O–H groups in total. The highest BCUT2D eigenvalue weighted by molar-refractivity contribution is 7.27. The molecule has 0 amide bonds. The number of para-hydroxylation sites is 3. The standard InChI is InChI=1S/C68H40N2OS3/c1-3-18-46(19-4-1)69(60-35-45(43-29-31-50-49-22-9-11-27-61(49)71-62(50)36-43)34-57-55-33-41-15-7-8-16-42(41)37-65(55)73-68(57)60)48-30-32-52-53-24-14-26-59(67(53)74-66(52)39-48)70(47-20-5-2-6-21-47)58-25-13-17-44-38-64-56(40-54(44)58)51-23-10-12-28-63(51)72-64/h1-40H. The highest BCUT2D eigenvalue weighted by Gasteiger charge is 2.24.